The summed E-state index contributed by atoms with van der Waals surface area (Å²) in [7, 11) is 0. The zero-order valence-electron chi connectivity index (χ0n) is 11.8. The van der Waals surface area contributed by atoms with Gasteiger partial charge < -0.3 is 10.4 Å². The molecule has 0 atom stereocenters. The molecule has 1 aromatic carbocycles. The van der Waals surface area contributed by atoms with Crippen molar-refractivity contribution >= 4 is 11.9 Å². The molecule has 2 N–H and O–H groups in total. The Morgan fingerprint density at radius 1 is 1.20 bits per heavy atom. The van der Waals surface area contributed by atoms with E-state index in [1.54, 1.807) is 12.1 Å². The van der Waals surface area contributed by atoms with Crippen LogP contribution < -0.4 is 5.32 Å². The second-order valence-electron chi connectivity index (χ2n) is 5.72. The van der Waals surface area contributed by atoms with E-state index in [-0.39, 0.29) is 11.5 Å². The van der Waals surface area contributed by atoms with Crippen molar-refractivity contribution in [3.05, 3.63) is 35.4 Å². The molecular formula is C16H21NO3. The topological polar surface area (TPSA) is 66.4 Å². The molecule has 4 heteroatoms. The molecule has 0 aromatic heterocycles. The predicted molar refractivity (Wildman–Crippen MR) is 76.9 cm³/mol. The Balaban J connectivity index is 1.88. The lowest BCUT2D eigenvalue weighted by Gasteiger charge is -2.26. The van der Waals surface area contributed by atoms with Crippen molar-refractivity contribution in [1.29, 1.82) is 0 Å². The minimum Gasteiger partial charge on any atom is -0.478 e. The summed E-state index contributed by atoms with van der Waals surface area (Å²) < 4.78 is 0. The highest BCUT2D eigenvalue weighted by Gasteiger charge is 2.19. The van der Waals surface area contributed by atoms with Crippen LogP contribution in [0.2, 0.25) is 0 Å². The molecule has 1 aliphatic carbocycles. The number of rotatable bonds is 4. The molecule has 1 aromatic rings. The van der Waals surface area contributed by atoms with Gasteiger partial charge in [-0.05, 0) is 42.9 Å². The summed E-state index contributed by atoms with van der Waals surface area (Å²) in [4.78, 5) is 22.9. The number of carbonyl (C=O) groups excluding carboxylic acids is 1. The molecule has 0 aliphatic heterocycles. The van der Waals surface area contributed by atoms with E-state index >= 15 is 0 Å². The van der Waals surface area contributed by atoms with Crippen LogP contribution in [0.5, 0.6) is 0 Å². The summed E-state index contributed by atoms with van der Waals surface area (Å²) in [6.07, 6.45) is 4.79. The molecule has 0 bridgehead atoms. The monoisotopic (exact) mass is 275 g/mol. The second kappa shape index (κ2) is 6.55. The first-order chi connectivity index (χ1) is 9.56. The van der Waals surface area contributed by atoms with Gasteiger partial charge in [-0.1, -0.05) is 25.8 Å². The van der Waals surface area contributed by atoms with Crippen LogP contribution in [-0.2, 0) is 0 Å². The van der Waals surface area contributed by atoms with Crippen molar-refractivity contribution in [3.8, 4) is 0 Å². The van der Waals surface area contributed by atoms with Gasteiger partial charge in [0.15, 0.2) is 0 Å². The van der Waals surface area contributed by atoms with Gasteiger partial charge in [0, 0.05) is 12.1 Å². The van der Waals surface area contributed by atoms with Gasteiger partial charge in [-0.15, -0.1) is 0 Å². The van der Waals surface area contributed by atoms with Crippen LogP contribution in [-0.4, -0.2) is 23.5 Å². The third kappa shape index (κ3) is 3.83. The normalized spacial score (nSPS) is 22.2. The first-order valence-electron chi connectivity index (χ1n) is 7.18. The third-order valence-corrected chi connectivity index (χ3v) is 4.06. The van der Waals surface area contributed by atoms with Crippen molar-refractivity contribution in [2.45, 2.75) is 32.6 Å². The van der Waals surface area contributed by atoms with E-state index in [1.165, 1.54) is 25.0 Å². The number of aromatic carboxylic acids is 1. The Morgan fingerprint density at radius 2 is 1.85 bits per heavy atom. The fourth-order valence-corrected chi connectivity index (χ4v) is 2.67. The second-order valence-corrected chi connectivity index (χ2v) is 5.72. The van der Waals surface area contributed by atoms with E-state index in [1.807, 2.05) is 0 Å². The molecule has 0 spiro atoms. The van der Waals surface area contributed by atoms with Gasteiger partial charge in [-0.3, -0.25) is 4.79 Å². The van der Waals surface area contributed by atoms with E-state index in [0.29, 0.717) is 18.0 Å². The van der Waals surface area contributed by atoms with Gasteiger partial charge in [0.1, 0.15) is 0 Å². The Morgan fingerprint density at radius 3 is 2.50 bits per heavy atom. The standard InChI is InChI=1S/C16H21NO3/c1-11-5-7-12(8-6-11)10-17-15(18)13-3-2-4-14(9-13)16(19)20/h2-4,9,11-12H,5-8,10H2,1H3,(H,17,18)(H,19,20). The minimum atomic E-state index is -1.01. The molecule has 4 nitrogen and oxygen atoms in total. The third-order valence-electron chi connectivity index (χ3n) is 4.06. The highest BCUT2D eigenvalue weighted by atomic mass is 16.4. The van der Waals surface area contributed by atoms with Crippen molar-refractivity contribution < 1.29 is 14.7 Å². The van der Waals surface area contributed by atoms with Crippen LogP contribution in [0.25, 0.3) is 0 Å². The van der Waals surface area contributed by atoms with Crippen molar-refractivity contribution in [2.75, 3.05) is 6.54 Å². The SMILES string of the molecule is CC1CCC(CNC(=O)c2cccc(C(=O)O)c2)CC1. The number of benzene rings is 1. The molecule has 108 valence electrons. The van der Waals surface area contributed by atoms with E-state index in [4.69, 9.17) is 5.11 Å². The maximum atomic E-state index is 12.0. The van der Waals surface area contributed by atoms with Crippen molar-refractivity contribution in [1.82, 2.24) is 5.32 Å². The lowest BCUT2D eigenvalue weighted by molar-refractivity contribution is 0.0697. The molecule has 1 aliphatic rings. The maximum absolute atomic E-state index is 12.0. The van der Waals surface area contributed by atoms with Gasteiger partial charge in [-0.25, -0.2) is 4.79 Å². The number of carbonyl (C=O) groups is 2. The van der Waals surface area contributed by atoms with Crippen molar-refractivity contribution in [2.24, 2.45) is 11.8 Å². The zero-order chi connectivity index (χ0) is 14.5. The first kappa shape index (κ1) is 14.6. The fourth-order valence-electron chi connectivity index (χ4n) is 2.67. The number of hydrogen-bond donors (Lipinski definition) is 2. The summed E-state index contributed by atoms with van der Waals surface area (Å²) >= 11 is 0. The Bertz CT molecular complexity index is 490. The Labute approximate surface area is 119 Å². The van der Waals surface area contributed by atoms with E-state index in [9.17, 15) is 9.59 Å². The van der Waals surface area contributed by atoms with Gasteiger partial charge in [-0.2, -0.15) is 0 Å². The number of hydrogen-bond acceptors (Lipinski definition) is 2. The maximum Gasteiger partial charge on any atom is 0.335 e. The van der Waals surface area contributed by atoms with Gasteiger partial charge in [0.25, 0.3) is 5.91 Å². The molecule has 1 fully saturated rings. The first-order valence-corrected chi connectivity index (χ1v) is 7.18. The minimum absolute atomic E-state index is 0.143. The Kier molecular flexibility index (Phi) is 4.77. The summed E-state index contributed by atoms with van der Waals surface area (Å²) in [5.41, 5.74) is 0.554. The fraction of sp³-hybridized carbons (Fsp3) is 0.500. The molecule has 0 saturated heterocycles. The summed E-state index contributed by atoms with van der Waals surface area (Å²) in [6.45, 7) is 2.95. The van der Waals surface area contributed by atoms with Gasteiger partial charge in [0.05, 0.1) is 5.56 Å². The van der Waals surface area contributed by atoms with Crippen LogP contribution >= 0.6 is 0 Å². The predicted octanol–water partition coefficient (Wildman–Crippen LogP) is 2.94. The summed E-state index contributed by atoms with van der Waals surface area (Å²) in [5.74, 6) is 0.152. The molecule has 0 unspecified atom stereocenters. The summed E-state index contributed by atoms with van der Waals surface area (Å²) in [6, 6.07) is 6.15. The molecule has 0 radical (unpaired) electrons. The van der Waals surface area contributed by atoms with Crippen LogP contribution in [0.1, 0.15) is 53.3 Å². The Hall–Kier alpha value is -1.84. The van der Waals surface area contributed by atoms with Crippen LogP contribution in [0.4, 0.5) is 0 Å². The van der Waals surface area contributed by atoms with Gasteiger partial charge in [0.2, 0.25) is 0 Å². The van der Waals surface area contributed by atoms with Crippen LogP contribution in [0, 0.1) is 11.8 Å². The van der Waals surface area contributed by atoms with Crippen LogP contribution in [0.3, 0.4) is 0 Å². The lowest BCUT2D eigenvalue weighted by atomic mass is 9.83. The average Bonchev–Trinajstić information content (AvgIpc) is 2.46. The van der Waals surface area contributed by atoms with Gasteiger partial charge >= 0.3 is 5.97 Å². The van der Waals surface area contributed by atoms with Crippen LogP contribution in [0.15, 0.2) is 24.3 Å². The molecule has 1 amide bonds. The molecule has 20 heavy (non-hydrogen) atoms. The summed E-state index contributed by atoms with van der Waals surface area (Å²) in [5, 5.41) is 11.8. The number of nitrogens with one attached hydrogen (secondary N) is 1. The molecule has 1 saturated carbocycles. The highest BCUT2D eigenvalue weighted by molar-refractivity contribution is 5.97. The van der Waals surface area contributed by atoms with E-state index in [2.05, 4.69) is 12.2 Å². The van der Waals surface area contributed by atoms with E-state index < -0.39 is 5.97 Å². The quantitative estimate of drug-likeness (QED) is 0.887. The molecule has 2 rings (SSSR count). The average molecular weight is 275 g/mol. The van der Waals surface area contributed by atoms with E-state index in [0.717, 1.165) is 18.8 Å². The smallest absolute Gasteiger partial charge is 0.335 e. The lowest BCUT2D eigenvalue weighted by Crippen LogP contribution is -2.31. The molecular weight excluding hydrogens is 254 g/mol. The van der Waals surface area contributed by atoms with Crippen molar-refractivity contribution in [3.63, 3.8) is 0 Å². The number of carboxylic acid groups (broad SMARTS) is 1. The largest absolute Gasteiger partial charge is 0.478 e. The zero-order valence-corrected chi connectivity index (χ0v) is 11.8. The molecule has 0 heterocycles. The highest BCUT2D eigenvalue weighted by Crippen LogP contribution is 2.27. The number of amides is 1. The number of carboxylic acids is 1.